The first-order valence-electron chi connectivity index (χ1n) is 5.40. The summed E-state index contributed by atoms with van der Waals surface area (Å²) in [6, 6.07) is 1.78. The highest BCUT2D eigenvalue weighted by molar-refractivity contribution is 6.07. The Morgan fingerprint density at radius 1 is 1.60 bits per heavy atom. The minimum atomic E-state index is 0.0995. The summed E-state index contributed by atoms with van der Waals surface area (Å²) >= 11 is 0. The molecule has 3 heteroatoms. The van der Waals surface area contributed by atoms with E-state index in [2.05, 4.69) is 18.1 Å². The molecule has 0 aromatic carbocycles. The molecule has 0 amide bonds. The highest BCUT2D eigenvalue weighted by atomic mass is 16.1. The van der Waals surface area contributed by atoms with Gasteiger partial charge in [0.1, 0.15) is 5.69 Å². The molecule has 0 saturated heterocycles. The predicted molar refractivity (Wildman–Crippen MR) is 58.6 cm³/mol. The Hall–Kier alpha value is -1.38. The van der Waals surface area contributed by atoms with Crippen LogP contribution in [-0.2, 0) is 7.05 Å². The van der Waals surface area contributed by atoms with Crippen molar-refractivity contribution in [2.75, 3.05) is 0 Å². The molecule has 0 saturated carbocycles. The van der Waals surface area contributed by atoms with Gasteiger partial charge in [-0.2, -0.15) is 5.10 Å². The van der Waals surface area contributed by atoms with Gasteiger partial charge in [0.25, 0.3) is 0 Å². The number of hydrogen-bond donors (Lipinski definition) is 0. The van der Waals surface area contributed by atoms with Crippen molar-refractivity contribution in [2.24, 2.45) is 13.0 Å². The molecule has 0 N–H and O–H groups in total. The number of carbonyl (C=O) groups excluding carboxylic acids is 1. The lowest BCUT2D eigenvalue weighted by atomic mass is 9.88. The standard InChI is InChI=1S/C12H16N2O/c1-9-3-5-10(6-4-9)12(15)11-7-8-14(2)13-11/h5,7-9H,3-4,6H2,1-2H3. The van der Waals surface area contributed by atoms with Gasteiger partial charge in [0, 0.05) is 13.2 Å². The van der Waals surface area contributed by atoms with E-state index in [0.717, 1.165) is 24.8 Å². The summed E-state index contributed by atoms with van der Waals surface area (Å²) < 4.78 is 1.67. The Kier molecular flexibility index (Phi) is 2.71. The maximum absolute atomic E-state index is 12.0. The molecule has 1 heterocycles. The van der Waals surface area contributed by atoms with Crippen molar-refractivity contribution in [3.63, 3.8) is 0 Å². The second-order valence-electron chi connectivity index (χ2n) is 4.31. The van der Waals surface area contributed by atoms with E-state index in [1.54, 1.807) is 16.9 Å². The summed E-state index contributed by atoms with van der Waals surface area (Å²) in [5.74, 6) is 0.813. The largest absolute Gasteiger partial charge is 0.287 e. The smallest absolute Gasteiger partial charge is 0.208 e. The van der Waals surface area contributed by atoms with Crippen LogP contribution in [0.15, 0.2) is 23.9 Å². The minimum Gasteiger partial charge on any atom is -0.287 e. The monoisotopic (exact) mass is 204 g/mol. The van der Waals surface area contributed by atoms with Gasteiger partial charge < -0.3 is 0 Å². The maximum atomic E-state index is 12.0. The summed E-state index contributed by atoms with van der Waals surface area (Å²) in [5.41, 5.74) is 1.50. The number of aromatic nitrogens is 2. The number of carbonyl (C=O) groups is 1. The average molecular weight is 204 g/mol. The molecule has 1 unspecified atom stereocenters. The van der Waals surface area contributed by atoms with E-state index in [1.165, 1.54) is 0 Å². The molecule has 1 aromatic rings. The molecule has 15 heavy (non-hydrogen) atoms. The Morgan fingerprint density at radius 2 is 2.40 bits per heavy atom. The van der Waals surface area contributed by atoms with Crippen LogP contribution in [0.2, 0.25) is 0 Å². The van der Waals surface area contributed by atoms with Gasteiger partial charge in [-0.05, 0) is 36.8 Å². The van der Waals surface area contributed by atoms with Crippen LogP contribution in [0.4, 0.5) is 0 Å². The Bertz CT molecular complexity index is 404. The molecular weight excluding hydrogens is 188 g/mol. The van der Waals surface area contributed by atoms with Gasteiger partial charge in [-0.15, -0.1) is 0 Å². The molecule has 0 aliphatic heterocycles. The molecule has 1 aromatic heterocycles. The third-order valence-electron chi connectivity index (χ3n) is 2.91. The van der Waals surface area contributed by atoms with Crippen molar-refractivity contribution >= 4 is 5.78 Å². The fourth-order valence-electron chi connectivity index (χ4n) is 1.87. The summed E-state index contributed by atoms with van der Waals surface area (Å²) in [7, 11) is 1.83. The zero-order valence-electron chi connectivity index (χ0n) is 9.23. The second kappa shape index (κ2) is 4.01. The molecule has 1 aliphatic rings. The van der Waals surface area contributed by atoms with Crippen molar-refractivity contribution in [2.45, 2.75) is 26.2 Å². The zero-order chi connectivity index (χ0) is 10.8. The van der Waals surface area contributed by atoms with Crippen molar-refractivity contribution < 1.29 is 4.79 Å². The zero-order valence-corrected chi connectivity index (χ0v) is 9.23. The van der Waals surface area contributed by atoms with Crippen molar-refractivity contribution in [1.82, 2.24) is 9.78 Å². The van der Waals surface area contributed by atoms with Gasteiger partial charge in [-0.25, -0.2) is 0 Å². The van der Waals surface area contributed by atoms with Crippen LogP contribution < -0.4 is 0 Å². The van der Waals surface area contributed by atoms with Gasteiger partial charge in [0.15, 0.2) is 0 Å². The molecule has 3 nitrogen and oxygen atoms in total. The molecule has 0 fully saturated rings. The van der Waals surface area contributed by atoms with E-state index in [9.17, 15) is 4.79 Å². The number of aryl methyl sites for hydroxylation is 1. The SMILES string of the molecule is CC1CC=C(C(=O)c2ccn(C)n2)CC1. The van der Waals surface area contributed by atoms with Crippen LogP contribution in [0, 0.1) is 5.92 Å². The van der Waals surface area contributed by atoms with E-state index in [-0.39, 0.29) is 5.78 Å². The molecule has 1 atom stereocenters. The van der Waals surface area contributed by atoms with Gasteiger partial charge in [0.2, 0.25) is 5.78 Å². The van der Waals surface area contributed by atoms with E-state index in [0.29, 0.717) is 11.6 Å². The fraction of sp³-hybridized carbons (Fsp3) is 0.500. The van der Waals surface area contributed by atoms with Crippen molar-refractivity contribution in [3.05, 3.63) is 29.6 Å². The maximum Gasteiger partial charge on any atom is 0.208 e. The average Bonchev–Trinajstić information content (AvgIpc) is 2.65. The van der Waals surface area contributed by atoms with Gasteiger partial charge in [-0.3, -0.25) is 9.48 Å². The summed E-state index contributed by atoms with van der Waals surface area (Å²) in [6.45, 7) is 2.22. The van der Waals surface area contributed by atoms with Gasteiger partial charge in [0.05, 0.1) is 0 Å². The quantitative estimate of drug-likeness (QED) is 0.693. The van der Waals surface area contributed by atoms with E-state index in [4.69, 9.17) is 0 Å². The second-order valence-corrected chi connectivity index (χ2v) is 4.31. The van der Waals surface area contributed by atoms with Crippen molar-refractivity contribution in [1.29, 1.82) is 0 Å². The number of allylic oxidation sites excluding steroid dienone is 2. The van der Waals surface area contributed by atoms with Crippen LogP contribution in [-0.4, -0.2) is 15.6 Å². The van der Waals surface area contributed by atoms with Crippen LogP contribution in [0.1, 0.15) is 36.7 Å². The molecule has 2 rings (SSSR count). The van der Waals surface area contributed by atoms with E-state index < -0.39 is 0 Å². The van der Waals surface area contributed by atoms with Crippen molar-refractivity contribution in [3.8, 4) is 0 Å². The van der Waals surface area contributed by atoms with Gasteiger partial charge >= 0.3 is 0 Å². The first kappa shape index (κ1) is 10.1. The molecule has 0 bridgehead atoms. The van der Waals surface area contributed by atoms with E-state index in [1.807, 2.05) is 7.05 Å². The molecule has 0 spiro atoms. The number of hydrogen-bond acceptors (Lipinski definition) is 2. The van der Waals surface area contributed by atoms with Crippen LogP contribution in [0.25, 0.3) is 0 Å². The van der Waals surface area contributed by atoms with E-state index >= 15 is 0 Å². The lowest BCUT2D eigenvalue weighted by Gasteiger charge is -2.16. The first-order chi connectivity index (χ1) is 7.16. The predicted octanol–water partition coefficient (Wildman–Crippen LogP) is 2.35. The van der Waals surface area contributed by atoms with Crippen LogP contribution in [0.5, 0.6) is 0 Å². The highest BCUT2D eigenvalue weighted by Crippen LogP contribution is 2.24. The van der Waals surface area contributed by atoms with Crippen LogP contribution >= 0.6 is 0 Å². The number of nitrogens with zero attached hydrogens (tertiary/aromatic N) is 2. The third kappa shape index (κ3) is 2.17. The number of Topliss-reactive ketones (excluding diaryl/α,β-unsaturated/α-hetero) is 1. The highest BCUT2D eigenvalue weighted by Gasteiger charge is 2.18. The lowest BCUT2D eigenvalue weighted by molar-refractivity contribution is 0.102. The number of rotatable bonds is 2. The normalized spacial score (nSPS) is 21.2. The number of ketones is 1. The molecule has 0 radical (unpaired) electrons. The summed E-state index contributed by atoms with van der Waals surface area (Å²) in [6.07, 6.45) is 6.92. The first-order valence-corrected chi connectivity index (χ1v) is 5.40. The third-order valence-corrected chi connectivity index (χ3v) is 2.91. The Labute approximate surface area is 89.8 Å². The lowest BCUT2D eigenvalue weighted by Crippen LogP contribution is -2.10. The summed E-state index contributed by atoms with van der Waals surface area (Å²) in [5, 5.41) is 4.13. The molecular formula is C12H16N2O. The Morgan fingerprint density at radius 3 is 2.93 bits per heavy atom. The molecule has 1 aliphatic carbocycles. The van der Waals surface area contributed by atoms with Crippen LogP contribution in [0.3, 0.4) is 0 Å². The minimum absolute atomic E-state index is 0.0995. The topological polar surface area (TPSA) is 34.9 Å². The summed E-state index contributed by atoms with van der Waals surface area (Å²) in [4.78, 5) is 12.0. The Balaban J connectivity index is 2.15. The molecule has 80 valence electrons. The fourth-order valence-corrected chi connectivity index (χ4v) is 1.87. The van der Waals surface area contributed by atoms with Gasteiger partial charge in [-0.1, -0.05) is 13.0 Å².